The first kappa shape index (κ1) is 18.0. The highest BCUT2D eigenvalue weighted by Crippen LogP contribution is 2.26. The monoisotopic (exact) mass is 369 g/mol. The van der Waals surface area contributed by atoms with Crippen molar-refractivity contribution in [2.75, 3.05) is 12.4 Å². The summed E-state index contributed by atoms with van der Waals surface area (Å²) in [6.45, 7) is 3.30. The Morgan fingerprint density at radius 2 is 2.04 bits per heavy atom. The van der Waals surface area contributed by atoms with Crippen molar-refractivity contribution in [2.24, 2.45) is 0 Å². The summed E-state index contributed by atoms with van der Waals surface area (Å²) >= 11 is 1.33. The number of hydrogen-bond acceptors (Lipinski definition) is 5. The van der Waals surface area contributed by atoms with Gasteiger partial charge in [0.15, 0.2) is 10.9 Å². The molecule has 0 saturated carbocycles. The van der Waals surface area contributed by atoms with Crippen LogP contribution in [0.5, 0.6) is 5.75 Å². The lowest BCUT2D eigenvalue weighted by molar-refractivity contribution is -0.115. The number of thioether (sulfide) groups is 1. The Morgan fingerprint density at radius 3 is 2.77 bits per heavy atom. The molecule has 3 aromatic rings. The van der Waals surface area contributed by atoms with Crippen LogP contribution in [-0.4, -0.2) is 34.0 Å². The van der Waals surface area contributed by atoms with E-state index in [4.69, 9.17) is 4.74 Å². The number of carbonyl (C=O) groups is 2. The summed E-state index contributed by atoms with van der Waals surface area (Å²) in [4.78, 5) is 31.6. The van der Waals surface area contributed by atoms with Crippen molar-refractivity contribution in [3.63, 3.8) is 0 Å². The van der Waals surface area contributed by atoms with Crippen LogP contribution in [0.1, 0.15) is 24.2 Å². The maximum atomic E-state index is 12.4. The van der Waals surface area contributed by atoms with Gasteiger partial charge in [-0.3, -0.25) is 9.59 Å². The van der Waals surface area contributed by atoms with E-state index in [1.165, 1.54) is 18.7 Å². The topological polar surface area (TPSA) is 84.1 Å². The number of benzene rings is 2. The van der Waals surface area contributed by atoms with Crippen LogP contribution in [0.3, 0.4) is 0 Å². The summed E-state index contributed by atoms with van der Waals surface area (Å²) in [6.07, 6.45) is 0. The number of rotatable bonds is 6. The van der Waals surface area contributed by atoms with Crippen LogP contribution in [0.2, 0.25) is 0 Å². The van der Waals surface area contributed by atoms with E-state index in [1.807, 2.05) is 25.1 Å². The molecule has 0 unspecified atom stereocenters. The summed E-state index contributed by atoms with van der Waals surface area (Å²) in [5.74, 6) is 0.545. The van der Waals surface area contributed by atoms with Crippen molar-refractivity contribution in [3.8, 4) is 5.75 Å². The van der Waals surface area contributed by atoms with E-state index >= 15 is 0 Å². The summed E-state index contributed by atoms with van der Waals surface area (Å²) in [5.41, 5.74) is 2.84. The van der Waals surface area contributed by atoms with Gasteiger partial charge in [0.05, 0.1) is 23.4 Å². The van der Waals surface area contributed by atoms with Crippen molar-refractivity contribution in [1.29, 1.82) is 0 Å². The van der Waals surface area contributed by atoms with Gasteiger partial charge in [-0.05, 0) is 38.1 Å². The number of Topliss-reactive ketones (excluding diaryl/α,β-unsaturated/α-hetero) is 1. The third-order valence-electron chi connectivity index (χ3n) is 3.86. The van der Waals surface area contributed by atoms with Crippen LogP contribution in [0, 0.1) is 0 Å². The van der Waals surface area contributed by atoms with Crippen LogP contribution in [0.25, 0.3) is 11.0 Å². The molecule has 0 aliphatic heterocycles. The van der Waals surface area contributed by atoms with E-state index in [2.05, 4.69) is 15.3 Å². The Labute approximate surface area is 155 Å². The number of imidazole rings is 1. The number of aromatic amines is 1. The van der Waals surface area contributed by atoms with E-state index in [-0.39, 0.29) is 16.9 Å². The molecule has 7 heteroatoms. The number of nitrogens with one attached hydrogen (secondary N) is 2. The molecule has 0 spiro atoms. The number of nitrogens with zero attached hydrogens (tertiary/aromatic N) is 1. The highest BCUT2D eigenvalue weighted by Gasteiger charge is 2.17. The van der Waals surface area contributed by atoms with Gasteiger partial charge in [-0.25, -0.2) is 4.98 Å². The maximum absolute atomic E-state index is 12.4. The van der Waals surface area contributed by atoms with E-state index < -0.39 is 0 Å². The third kappa shape index (κ3) is 4.05. The van der Waals surface area contributed by atoms with E-state index in [0.717, 1.165) is 16.8 Å². The zero-order valence-electron chi connectivity index (χ0n) is 14.7. The maximum Gasteiger partial charge on any atom is 0.237 e. The molecular weight excluding hydrogens is 350 g/mol. The number of hydrogen-bond donors (Lipinski definition) is 2. The summed E-state index contributed by atoms with van der Waals surface area (Å²) in [6, 6.07) is 12.5. The first-order valence-corrected chi connectivity index (χ1v) is 8.96. The normalized spacial score (nSPS) is 12.0. The fraction of sp³-hybridized carbons (Fsp3) is 0.211. The van der Waals surface area contributed by atoms with Gasteiger partial charge in [-0.2, -0.15) is 0 Å². The van der Waals surface area contributed by atoms with Crippen LogP contribution < -0.4 is 10.1 Å². The largest absolute Gasteiger partial charge is 0.497 e. The second-order valence-electron chi connectivity index (χ2n) is 5.81. The van der Waals surface area contributed by atoms with Crippen molar-refractivity contribution in [1.82, 2.24) is 9.97 Å². The molecule has 0 saturated heterocycles. The summed E-state index contributed by atoms with van der Waals surface area (Å²) in [5, 5.41) is 3.13. The van der Waals surface area contributed by atoms with Crippen molar-refractivity contribution in [2.45, 2.75) is 24.3 Å². The second-order valence-corrected chi connectivity index (χ2v) is 7.14. The fourth-order valence-corrected chi connectivity index (χ4v) is 3.25. The predicted octanol–water partition coefficient (Wildman–Crippen LogP) is 3.89. The molecule has 6 nitrogen and oxygen atoms in total. The van der Waals surface area contributed by atoms with Crippen molar-refractivity contribution >= 4 is 40.2 Å². The number of anilines is 1. The molecule has 3 rings (SSSR count). The highest BCUT2D eigenvalue weighted by molar-refractivity contribution is 8.00. The van der Waals surface area contributed by atoms with Gasteiger partial charge < -0.3 is 15.0 Å². The fourth-order valence-electron chi connectivity index (χ4n) is 2.43. The van der Waals surface area contributed by atoms with Crippen LogP contribution in [0.4, 0.5) is 5.69 Å². The number of methoxy groups -OCH3 is 1. The molecule has 0 fully saturated rings. The SMILES string of the molecule is COc1ccc2nc(S[C@@H](C)C(=O)Nc3cccc(C(C)=O)c3)[nH]c2c1. The minimum absolute atomic E-state index is 0.0405. The standard InChI is InChI=1S/C19H19N3O3S/c1-11(23)13-5-4-6-14(9-13)20-18(24)12(2)26-19-21-16-8-7-15(25-3)10-17(16)22-19/h4-10,12H,1-3H3,(H,20,24)(H,21,22)/t12-/m0/s1. The minimum Gasteiger partial charge on any atom is -0.497 e. The Balaban J connectivity index is 1.69. The van der Waals surface area contributed by atoms with Crippen molar-refractivity contribution in [3.05, 3.63) is 48.0 Å². The van der Waals surface area contributed by atoms with Crippen LogP contribution >= 0.6 is 11.8 Å². The Bertz CT molecular complexity index is 968. The molecule has 0 aliphatic rings. The van der Waals surface area contributed by atoms with Crippen molar-refractivity contribution < 1.29 is 14.3 Å². The van der Waals surface area contributed by atoms with E-state index in [1.54, 1.807) is 31.4 Å². The first-order chi connectivity index (χ1) is 12.5. The van der Waals surface area contributed by atoms with Gasteiger partial charge in [0.25, 0.3) is 0 Å². The lowest BCUT2D eigenvalue weighted by Gasteiger charge is -2.11. The predicted molar refractivity (Wildman–Crippen MR) is 103 cm³/mol. The minimum atomic E-state index is -0.363. The number of H-pyrrole nitrogens is 1. The van der Waals surface area contributed by atoms with Gasteiger partial charge in [-0.15, -0.1) is 0 Å². The molecule has 2 N–H and O–H groups in total. The number of ketones is 1. The highest BCUT2D eigenvalue weighted by atomic mass is 32.2. The zero-order chi connectivity index (χ0) is 18.7. The number of aromatic nitrogens is 2. The van der Waals surface area contributed by atoms with E-state index in [0.29, 0.717) is 16.4 Å². The second kappa shape index (κ2) is 7.61. The number of ether oxygens (including phenoxy) is 1. The Kier molecular flexibility index (Phi) is 5.27. The Morgan fingerprint density at radius 1 is 1.23 bits per heavy atom. The van der Waals surface area contributed by atoms with Gasteiger partial charge >= 0.3 is 0 Å². The van der Waals surface area contributed by atoms with Gasteiger partial charge in [-0.1, -0.05) is 23.9 Å². The van der Waals surface area contributed by atoms with Gasteiger partial charge in [0, 0.05) is 17.3 Å². The van der Waals surface area contributed by atoms with Gasteiger partial charge in [0.1, 0.15) is 5.75 Å². The lowest BCUT2D eigenvalue weighted by Crippen LogP contribution is -2.22. The Hall–Kier alpha value is -2.80. The smallest absolute Gasteiger partial charge is 0.237 e. The molecule has 134 valence electrons. The van der Waals surface area contributed by atoms with Crippen LogP contribution in [0.15, 0.2) is 47.6 Å². The summed E-state index contributed by atoms with van der Waals surface area (Å²) < 4.78 is 5.20. The summed E-state index contributed by atoms with van der Waals surface area (Å²) in [7, 11) is 1.61. The quantitative estimate of drug-likeness (QED) is 0.509. The number of amides is 1. The molecule has 1 heterocycles. The molecule has 1 atom stereocenters. The van der Waals surface area contributed by atoms with E-state index in [9.17, 15) is 9.59 Å². The number of carbonyl (C=O) groups excluding carboxylic acids is 2. The van der Waals surface area contributed by atoms with Crippen LogP contribution in [-0.2, 0) is 4.79 Å². The molecule has 0 aliphatic carbocycles. The number of fused-ring (bicyclic) bond motifs is 1. The molecule has 0 radical (unpaired) electrons. The molecule has 26 heavy (non-hydrogen) atoms. The molecule has 1 aromatic heterocycles. The lowest BCUT2D eigenvalue weighted by atomic mass is 10.1. The molecule has 2 aromatic carbocycles. The zero-order valence-corrected chi connectivity index (χ0v) is 15.5. The van der Waals surface area contributed by atoms with Gasteiger partial charge in [0.2, 0.25) is 5.91 Å². The first-order valence-electron chi connectivity index (χ1n) is 8.08. The third-order valence-corrected chi connectivity index (χ3v) is 4.85. The molecular formula is C19H19N3O3S. The average molecular weight is 369 g/mol. The average Bonchev–Trinajstić information content (AvgIpc) is 3.02. The molecule has 1 amide bonds. The molecule has 0 bridgehead atoms.